The molecule has 0 aliphatic heterocycles. The molecule has 1 unspecified atom stereocenters. The van der Waals surface area contributed by atoms with Gasteiger partial charge in [0, 0.05) is 11.9 Å². The minimum atomic E-state index is -0.135. The van der Waals surface area contributed by atoms with Crippen molar-refractivity contribution < 1.29 is 9.21 Å². The Morgan fingerprint density at radius 2 is 2.29 bits per heavy atom. The molecule has 0 N–H and O–H groups in total. The maximum atomic E-state index is 12.1. The first-order valence-electron chi connectivity index (χ1n) is 5.15. The molecule has 0 aromatic carbocycles. The molecule has 0 bridgehead atoms. The third-order valence-corrected chi connectivity index (χ3v) is 4.04. The van der Waals surface area contributed by atoms with Gasteiger partial charge in [-0.3, -0.25) is 4.79 Å². The number of rotatable bonds is 3. The van der Waals surface area contributed by atoms with E-state index in [1.807, 2.05) is 24.4 Å². The zero-order valence-electron chi connectivity index (χ0n) is 9.51. The number of thiophene rings is 1. The summed E-state index contributed by atoms with van der Waals surface area (Å²) in [5.41, 5.74) is 0.401. The second kappa shape index (κ2) is 4.94. The van der Waals surface area contributed by atoms with Gasteiger partial charge in [0.25, 0.3) is 5.91 Å². The van der Waals surface area contributed by atoms with Gasteiger partial charge in [-0.1, -0.05) is 6.07 Å². The first-order chi connectivity index (χ1) is 8.11. The molecule has 2 heterocycles. The molecule has 0 aliphatic rings. The summed E-state index contributed by atoms with van der Waals surface area (Å²) >= 11 is 7.42. The van der Waals surface area contributed by atoms with E-state index in [4.69, 9.17) is 16.0 Å². The molecule has 3 nitrogen and oxygen atoms in total. The Bertz CT molecular complexity index is 506. The molecule has 1 amide bonds. The average molecular weight is 270 g/mol. The lowest BCUT2D eigenvalue weighted by Gasteiger charge is -2.23. The maximum Gasteiger partial charge on any atom is 0.259 e. The molecule has 90 valence electrons. The van der Waals surface area contributed by atoms with Crippen molar-refractivity contribution in [2.45, 2.75) is 13.0 Å². The zero-order chi connectivity index (χ0) is 12.4. The van der Waals surface area contributed by atoms with Crippen LogP contribution in [0.25, 0.3) is 0 Å². The summed E-state index contributed by atoms with van der Waals surface area (Å²) in [6, 6.07) is 5.59. The lowest BCUT2D eigenvalue weighted by Crippen LogP contribution is -2.29. The van der Waals surface area contributed by atoms with Gasteiger partial charge >= 0.3 is 0 Å². The summed E-state index contributed by atoms with van der Waals surface area (Å²) in [5.74, 6) is -0.135. The number of carbonyl (C=O) groups excluding carboxylic acids is 1. The van der Waals surface area contributed by atoms with Gasteiger partial charge in [-0.2, -0.15) is 0 Å². The van der Waals surface area contributed by atoms with Crippen molar-refractivity contribution in [3.05, 3.63) is 45.5 Å². The molecular weight excluding hydrogens is 258 g/mol. The van der Waals surface area contributed by atoms with E-state index < -0.39 is 0 Å². The van der Waals surface area contributed by atoms with Crippen molar-refractivity contribution >= 4 is 28.8 Å². The monoisotopic (exact) mass is 269 g/mol. The Labute approximate surface area is 109 Å². The van der Waals surface area contributed by atoms with Gasteiger partial charge in [-0.05, 0) is 36.0 Å². The van der Waals surface area contributed by atoms with Crippen LogP contribution in [0.4, 0.5) is 0 Å². The van der Waals surface area contributed by atoms with Crippen LogP contribution in [0.15, 0.2) is 34.3 Å². The Morgan fingerprint density at radius 1 is 1.53 bits per heavy atom. The van der Waals surface area contributed by atoms with Crippen LogP contribution in [0.5, 0.6) is 0 Å². The van der Waals surface area contributed by atoms with Crippen LogP contribution in [-0.4, -0.2) is 17.9 Å². The van der Waals surface area contributed by atoms with E-state index in [2.05, 4.69) is 0 Å². The molecule has 0 aliphatic carbocycles. The Morgan fingerprint density at radius 3 is 2.82 bits per heavy atom. The summed E-state index contributed by atoms with van der Waals surface area (Å²) in [6.45, 7) is 1.98. The standard InChI is InChI=1S/C12H12ClNO2S/c1-8(10-4-3-7-17-10)14(2)12(15)9-5-6-16-11(9)13/h3-8H,1-2H3. The summed E-state index contributed by atoms with van der Waals surface area (Å²) in [6.07, 6.45) is 1.42. The number of hydrogen-bond acceptors (Lipinski definition) is 3. The molecule has 0 fully saturated rings. The molecule has 5 heteroatoms. The van der Waals surface area contributed by atoms with Crippen molar-refractivity contribution in [3.8, 4) is 0 Å². The fourth-order valence-corrected chi connectivity index (χ4v) is 2.55. The lowest BCUT2D eigenvalue weighted by molar-refractivity contribution is 0.0744. The number of amides is 1. The predicted molar refractivity (Wildman–Crippen MR) is 68.5 cm³/mol. The summed E-state index contributed by atoms with van der Waals surface area (Å²) in [4.78, 5) is 14.9. The van der Waals surface area contributed by atoms with Gasteiger partial charge in [-0.15, -0.1) is 11.3 Å². The van der Waals surface area contributed by atoms with Gasteiger partial charge in [0.05, 0.1) is 17.9 Å². The van der Waals surface area contributed by atoms with Gasteiger partial charge in [0.2, 0.25) is 5.22 Å². The van der Waals surface area contributed by atoms with Crippen molar-refractivity contribution in [1.82, 2.24) is 4.90 Å². The van der Waals surface area contributed by atoms with E-state index in [0.717, 1.165) is 4.88 Å². The molecule has 2 aromatic heterocycles. The minimum absolute atomic E-state index is 0.0217. The fourth-order valence-electron chi connectivity index (χ4n) is 1.53. The third kappa shape index (κ3) is 2.37. The van der Waals surface area contributed by atoms with E-state index in [-0.39, 0.29) is 17.2 Å². The van der Waals surface area contributed by atoms with Crippen LogP contribution in [0, 0.1) is 0 Å². The van der Waals surface area contributed by atoms with E-state index in [9.17, 15) is 4.79 Å². The average Bonchev–Trinajstić information content (AvgIpc) is 2.96. The van der Waals surface area contributed by atoms with E-state index in [1.54, 1.807) is 29.4 Å². The Balaban J connectivity index is 2.18. The summed E-state index contributed by atoms with van der Waals surface area (Å²) < 4.78 is 4.93. The molecule has 0 spiro atoms. The van der Waals surface area contributed by atoms with E-state index in [0.29, 0.717) is 5.56 Å². The first-order valence-corrected chi connectivity index (χ1v) is 6.40. The van der Waals surface area contributed by atoms with E-state index in [1.165, 1.54) is 6.26 Å². The number of nitrogens with zero attached hydrogens (tertiary/aromatic N) is 1. The maximum absolute atomic E-state index is 12.1. The van der Waals surface area contributed by atoms with Crippen LogP contribution < -0.4 is 0 Å². The lowest BCUT2D eigenvalue weighted by atomic mass is 10.2. The highest BCUT2D eigenvalue weighted by molar-refractivity contribution is 7.10. The molecule has 0 radical (unpaired) electrons. The number of furan rings is 1. The third-order valence-electron chi connectivity index (χ3n) is 2.70. The largest absolute Gasteiger partial charge is 0.452 e. The second-order valence-electron chi connectivity index (χ2n) is 3.72. The van der Waals surface area contributed by atoms with Gasteiger partial charge in [-0.25, -0.2) is 0 Å². The summed E-state index contributed by atoms with van der Waals surface area (Å²) in [5, 5.41) is 2.13. The van der Waals surface area contributed by atoms with Crippen LogP contribution in [-0.2, 0) is 0 Å². The minimum Gasteiger partial charge on any atom is -0.452 e. The highest BCUT2D eigenvalue weighted by Crippen LogP contribution is 2.26. The van der Waals surface area contributed by atoms with Crippen LogP contribution >= 0.6 is 22.9 Å². The van der Waals surface area contributed by atoms with Crippen molar-refractivity contribution in [3.63, 3.8) is 0 Å². The smallest absolute Gasteiger partial charge is 0.259 e. The number of carbonyl (C=O) groups is 1. The van der Waals surface area contributed by atoms with Crippen LogP contribution in [0.2, 0.25) is 5.22 Å². The highest BCUT2D eigenvalue weighted by atomic mass is 35.5. The molecule has 17 heavy (non-hydrogen) atoms. The first kappa shape index (κ1) is 12.2. The van der Waals surface area contributed by atoms with Crippen molar-refractivity contribution in [2.75, 3.05) is 7.05 Å². The Hall–Kier alpha value is -1.26. The van der Waals surface area contributed by atoms with Gasteiger partial charge in [0.1, 0.15) is 0 Å². The zero-order valence-corrected chi connectivity index (χ0v) is 11.1. The van der Waals surface area contributed by atoms with Crippen molar-refractivity contribution in [1.29, 1.82) is 0 Å². The SMILES string of the molecule is CC(c1cccs1)N(C)C(=O)c1ccoc1Cl. The Kier molecular flexibility index (Phi) is 3.54. The predicted octanol–water partition coefficient (Wildman–Crippen LogP) is 3.83. The van der Waals surface area contributed by atoms with Crippen molar-refractivity contribution in [2.24, 2.45) is 0 Å². The molecule has 0 saturated heterocycles. The quantitative estimate of drug-likeness (QED) is 0.849. The molecule has 2 rings (SSSR count). The molecule has 2 aromatic rings. The van der Waals surface area contributed by atoms with Gasteiger partial charge in [0.15, 0.2) is 0 Å². The highest BCUT2D eigenvalue weighted by Gasteiger charge is 2.22. The second-order valence-corrected chi connectivity index (χ2v) is 5.04. The molecule has 0 saturated carbocycles. The fraction of sp³-hybridized carbons (Fsp3) is 0.250. The summed E-state index contributed by atoms with van der Waals surface area (Å²) in [7, 11) is 1.76. The topological polar surface area (TPSA) is 33.5 Å². The number of halogens is 1. The van der Waals surface area contributed by atoms with Gasteiger partial charge < -0.3 is 9.32 Å². The molecule has 1 atom stereocenters. The normalized spacial score (nSPS) is 12.4. The van der Waals surface area contributed by atoms with Crippen LogP contribution in [0.3, 0.4) is 0 Å². The number of hydrogen-bond donors (Lipinski definition) is 0. The molecular formula is C12H12ClNO2S. The van der Waals surface area contributed by atoms with Crippen LogP contribution in [0.1, 0.15) is 28.2 Å². The van der Waals surface area contributed by atoms with E-state index >= 15 is 0 Å².